The summed E-state index contributed by atoms with van der Waals surface area (Å²) in [7, 11) is 0. The highest BCUT2D eigenvalue weighted by molar-refractivity contribution is 7.13. The standard InChI is InChI=1S/C53H58ClN7O8S/c1-31-44(70-29-57-31)33-11-9-32(10-12-33)26-56-47(66)42-23-37(63)27-61(42)48(67)45(51(2,3)4)58-43(64)28-60(30-62)36-16-21-39(22-17-36)68-38-18-13-34(14-19-38)46(65)59-49-52(5,6)50(53(49,7)8)69-40-20-15-35(25-55)41(54)24-40/h9-22,24,29-30,37,42,45,49-50,63H,23,26-28H2,1-8H3,(H,56,66)(H,58,64)(H,59,65)/t37-,42+,45-,49?,50?/m1/s1. The van der Waals surface area contributed by atoms with E-state index in [0.29, 0.717) is 45.5 Å². The second kappa shape index (κ2) is 20.7. The normalized spacial score (nSPS) is 19.4. The molecule has 4 aromatic carbocycles. The molecule has 0 spiro atoms. The average Bonchev–Trinajstić information content (AvgIpc) is 3.95. The molecular weight excluding hydrogens is 930 g/mol. The zero-order valence-corrected chi connectivity index (χ0v) is 42.0. The molecule has 7 rings (SSSR count). The van der Waals surface area contributed by atoms with Gasteiger partial charge in [-0.2, -0.15) is 5.26 Å². The lowest BCUT2D eigenvalue weighted by molar-refractivity contribution is -0.164. The van der Waals surface area contributed by atoms with Gasteiger partial charge in [0, 0.05) is 53.7 Å². The van der Waals surface area contributed by atoms with Crippen LogP contribution in [0.25, 0.3) is 10.4 Å². The lowest BCUT2D eigenvalue weighted by Gasteiger charge is -2.63. The highest BCUT2D eigenvalue weighted by Gasteiger charge is 2.64. The van der Waals surface area contributed by atoms with E-state index >= 15 is 0 Å². The Balaban J connectivity index is 0.912. The monoisotopic (exact) mass is 987 g/mol. The Labute approximate surface area is 417 Å². The van der Waals surface area contributed by atoms with E-state index in [-0.39, 0.29) is 37.6 Å². The topological polar surface area (TPSA) is 203 Å². The maximum Gasteiger partial charge on any atom is 0.251 e. The quantitative estimate of drug-likeness (QED) is 0.0706. The molecule has 2 heterocycles. The Morgan fingerprint density at radius 3 is 2.17 bits per heavy atom. The fraction of sp³-hybridized carbons (Fsp3) is 0.377. The molecule has 3 atom stereocenters. The van der Waals surface area contributed by atoms with Crippen molar-refractivity contribution in [2.24, 2.45) is 16.2 Å². The minimum Gasteiger partial charge on any atom is -0.489 e. The molecule has 2 fully saturated rings. The molecule has 15 nitrogen and oxygen atoms in total. The summed E-state index contributed by atoms with van der Waals surface area (Å²) in [6.45, 7) is 15.2. The van der Waals surface area contributed by atoms with Crippen LogP contribution in [-0.2, 0) is 25.7 Å². The minimum absolute atomic E-state index is 0.0446. The van der Waals surface area contributed by atoms with Crippen molar-refractivity contribution in [2.75, 3.05) is 18.0 Å². The number of aliphatic hydroxyl groups excluding tert-OH is 1. The van der Waals surface area contributed by atoms with E-state index < -0.39 is 58.7 Å². The van der Waals surface area contributed by atoms with Gasteiger partial charge in [0.2, 0.25) is 24.1 Å². The van der Waals surface area contributed by atoms with Crippen LogP contribution >= 0.6 is 22.9 Å². The summed E-state index contributed by atoms with van der Waals surface area (Å²) in [5, 5.41) is 29.1. The number of hydrogen-bond acceptors (Lipinski definition) is 11. The van der Waals surface area contributed by atoms with Crippen LogP contribution in [0.2, 0.25) is 5.02 Å². The number of carbonyl (C=O) groups excluding carboxylic acids is 5. The number of amides is 5. The molecule has 17 heteroatoms. The number of likely N-dealkylation sites (tertiary alicyclic amines) is 1. The summed E-state index contributed by atoms with van der Waals surface area (Å²) >= 11 is 7.80. The van der Waals surface area contributed by atoms with Gasteiger partial charge in [-0.25, -0.2) is 4.98 Å². The average molecular weight is 989 g/mol. The van der Waals surface area contributed by atoms with Crippen molar-refractivity contribution in [1.82, 2.24) is 25.8 Å². The van der Waals surface area contributed by atoms with Crippen LogP contribution in [0, 0.1) is 34.5 Å². The van der Waals surface area contributed by atoms with E-state index in [1.54, 1.807) is 104 Å². The van der Waals surface area contributed by atoms with E-state index in [1.807, 2.05) is 65.0 Å². The summed E-state index contributed by atoms with van der Waals surface area (Å²) in [6.07, 6.45) is -0.622. The van der Waals surface area contributed by atoms with Crippen LogP contribution in [0.1, 0.15) is 82.1 Å². The van der Waals surface area contributed by atoms with E-state index in [2.05, 4.69) is 20.9 Å². The van der Waals surface area contributed by atoms with E-state index in [9.17, 15) is 34.3 Å². The Morgan fingerprint density at radius 2 is 1.60 bits per heavy atom. The molecule has 0 radical (unpaired) electrons. The molecule has 1 saturated carbocycles. The van der Waals surface area contributed by atoms with Gasteiger partial charge in [-0.3, -0.25) is 24.0 Å². The van der Waals surface area contributed by atoms with Crippen LogP contribution in [0.5, 0.6) is 17.2 Å². The molecule has 1 aliphatic carbocycles. The largest absolute Gasteiger partial charge is 0.489 e. The van der Waals surface area contributed by atoms with Gasteiger partial charge in [-0.1, -0.05) is 84.3 Å². The van der Waals surface area contributed by atoms with Crippen molar-refractivity contribution in [1.29, 1.82) is 5.26 Å². The number of aryl methyl sites for hydroxylation is 1. The Bertz CT molecular complexity index is 2770. The smallest absolute Gasteiger partial charge is 0.251 e. The van der Waals surface area contributed by atoms with Crippen molar-refractivity contribution in [3.8, 4) is 33.8 Å². The third-order valence-electron chi connectivity index (χ3n) is 13.1. The van der Waals surface area contributed by atoms with Gasteiger partial charge in [0.15, 0.2) is 0 Å². The number of hydrogen-bond donors (Lipinski definition) is 4. The van der Waals surface area contributed by atoms with E-state index in [1.165, 1.54) is 9.80 Å². The minimum atomic E-state index is -1.09. The molecule has 0 unspecified atom stereocenters. The summed E-state index contributed by atoms with van der Waals surface area (Å²) in [5.74, 6) is -0.346. The summed E-state index contributed by atoms with van der Waals surface area (Å²) in [5.41, 5.74) is 4.15. The number of ether oxygens (including phenoxy) is 2. The number of carbonyl (C=O) groups is 5. The van der Waals surface area contributed by atoms with Crippen LogP contribution < -0.4 is 30.3 Å². The Kier molecular flexibility index (Phi) is 15.1. The molecule has 1 saturated heterocycles. The molecule has 4 N–H and O–H groups in total. The third kappa shape index (κ3) is 11.1. The highest BCUT2D eigenvalue weighted by atomic mass is 35.5. The molecule has 0 bridgehead atoms. The van der Waals surface area contributed by atoms with Gasteiger partial charge in [0.25, 0.3) is 5.91 Å². The zero-order valence-electron chi connectivity index (χ0n) is 40.4. The lowest BCUT2D eigenvalue weighted by atomic mass is 9.49. The number of aliphatic hydroxyl groups is 1. The fourth-order valence-electron chi connectivity index (χ4n) is 9.66. The number of rotatable bonds is 16. The molecule has 5 aromatic rings. The molecule has 1 aliphatic heterocycles. The number of β-amino-alcohol motifs (C(OH)–C–C–N with tert-alkyl or cyclic N) is 1. The van der Waals surface area contributed by atoms with Gasteiger partial charge in [-0.15, -0.1) is 11.3 Å². The SMILES string of the molecule is Cc1ncsc1-c1ccc(CNC(=O)[C@@H]2C[C@@H](O)CN2C(=O)[C@@H](NC(=O)CN(C=O)c2ccc(Oc3ccc(C(=O)NC4C(C)(C)C(Oc5ccc(C#N)c(Cl)c5)C4(C)C)cc3)cc2)C(C)(C)C)cc1. The summed E-state index contributed by atoms with van der Waals surface area (Å²) in [6, 6.07) is 25.7. The highest BCUT2D eigenvalue weighted by Crippen LogP contribution is 2.55. The van der Waals surface area contributed by atoms with Gasteiger partial charge in [-0.05, 0) is 84.1 Å². The molecule has 5 amide bonds. The number of anilines is 1. The number of nitrogens with one attached hydrogen (secondary N) is 3. The first-order valence-electron chi connectivity index (χ1n) is 22.9. The van der Waals surface area contributed by atoms with Crippen LogP contribution in [-0.4, -0.2) is 88.5 Å². The van der Waals surface area contributed by atoms with Crippen molar-refractivity contribution < 1.29 is 38.6 Å². The third-order valence-corrected chi connectivity index (χ3v) is 14.4. The number of halogens is 1. The first kappa shape index (κ1) is 51.1. The van der Waals surface area contributed by atoms with Gasteiger partial charge in [0.05, 0.1) is 32.8 Å². The first-order valence-corrected chi connectivity index (χ1v) is 24.2. The predicted molar refractivity (Wildman–Crippen MR) is 267 cm³/mol. The number of nitrogens with zero attached hydrogens (tertiary/aromatic N) is 4. The molecular formula is C53H58ClN7O8S. The van der Waals surface area contributed by atoms with Crippen molar-refractivity contribution in [3.05, 3.63) is 124 Å². The van der Waals surface area contributed by atoms with Gasteiger partial charge in [0.1, 0.15) is 48.1 Å². The van der Waals surface area contributed by atoms with Crippen molar-refractivity contribution in [3.63, 3.8) is 0 Å². The van der Waals surface area contributed by atoms with Gasteiger partial charge >= 0.3 is 0 Å². The van der Waals surface area contributed by atoms with E-state index in [0.717, 1.165) is 21.7 Å². The number of benzene rings is 4. The lowest BCUT2D eigenvalue weighted by Crippen LogP contribution is -2.74. The molecule has 2 aliphatic rings. The van der Waals surface area contributed by atoms with Gasteiger partial charge < -0.3 is 40.3 Å². The van der Waals surface area contributed by atoms with Crippen LogP contribution in [0.15, 0.2) is 96.5 Å². The van der Waals surface area contributed by atoms with Crippen LogP contribution in [0.4, 0.5) is 5.69 Å². The fourth-order valence-corrected chi connectivity index (χ4v) is 10.7. The number of thiazole rings is 1. The summed E-state index contributed by atoms with van der Waals surface area (Å²) in [4.78, 5) is 75.0. The molecule has 1 aromatic heterocycles. The van der Waals surface area contributed by atoms with Crippen molar-refractivity contribution in [2.45, 2.75) is 98.7 Å². The maximum atomic E-state index is 14.2. The van der Waals surface area contributed by atoms with Crippen molar-refractivity contribution >= 4 is 58.7 Å². The first-order chi connectivity index (χ1) is 33.1. The van der Waals surface area contributed by atoms with E-state index in [4.69, 9.17) is 21.1 Å². The number of nitriles is 1. The second-order valence-electron chi connectivity index (χ2n) is 20.1. The Morgan fingerprint density at radius 1 is 0.971 bits per heavy atom. The maximum absolute atomic E-state index is 14.2. The molecule has 366 valence electrons. The molecule has 70 heavy (non-hydrogen) atoms. The van der Waals surface area contributed by atoms with Crippen LogP contribution in [0.3, 0.4) is 0 Å². The summed E-state index contributed by atoms with van der Waals surface area (Å²) < 4.78 is 12.4. The zero-order chi connectivity index (χ0) is 50.7. The number of aromatic nitrogens is 1. The second-order valence-corrected chi connectivity index (χ2v) is 21.4. The predicted octanol–water partition coefficient (Wildman–Crippen LogP) is 7.82. The Hall–Kier alpha value is -6.80.